The number of aryl methyl sites for hydroxylation is 1. The van der Waals surface area contributed by atoms with Gasteiger partial charge in [0.05, 0.1) is 0 Å². The van der Waals surface area contributed by atoms with Crippen molar-refractivity contribution in [3.63, 3.8) is 0 Å². The smallest absolute Gasteiger partial charge is 0.306 e. The Balaban J connectivity index is 1.77. The highest BCUT2D eigenvalue weighted by Gasteiger charge is 2.09. The van der Waals surface area contributed by atoms with E-state index in [-0.39, 0.29) is 24.9 Å². The molecule has 0 saturated heterocycles. The van der Waals surface area contributed by atoms with Crippen LogP contribution in [0.15, 0.2) is 30.5 Å². The Morgan fingerprint density at radius 2 is 2.10 bits per heavy atom. The molecule has 2 rings (SSSR count). The van der Waals surface area contributed by atoms with Gasteiger partial charge in [0.15, 0.2) is 6.61 Å². The van der Waals surface area contributed by atoms with Gasteiger partial charge in [-0.05, 0) is 24.5 Å². The molecular weight excluding hydrogens is 268 g/mol. The summed E-state index contributed by atoms with van der Waals surface area (Å²) in [7, 11) is 0. The number of esters is 1. The normalized spacial score (nSPS) is 10.5. The molecule has 1 amide bonds. The maximum Gasteiger partial charge on any atom is 0.306 e. The molecule has 0 aliphatic rings. The lowest BCUT2D eigenvalue weighted by Crippen LogP contribution is -2.29. The van der Waals surface area contributed by atoms with Gasteiger partial charge >= 0.3 is 5.97 Å². The molecule has 112 valence electrons. The van der Waals surface area contributed by atoms with Crippen LogP contribution in [0.3, 0.4) is 0 Å². The fraction of sp³-hybridized carbons (Fsp3) is 0.375. The van der Waals surface area contributed by atoms with Crippen LogP contribution in [0.1, 0.15) is 25.3 Å². The third kappa shape index (κ3) is 4.34. The number of aromatic amines is 1. The number of aromatic nitrogens is 1. The van der Waals surface area contributed by atoms with Crippen LogP contribution in [0.4, 0.5) is 0 Å². The fourth-order valence-corrected chi connectivity index (χ4v) is 2.11. The molecular formula is C16H20N2O3. The number of fused-ring (bicyclic) bond motifs is 1. The Kier molecular flexibility index (Phi) is 5.37. The minimum atomic E-state index is -0.355. The van der Waals surface area contributed by atoms with Crippen LogP contribution in [-0.4, -0.2) is 30.0 Å². The molecule has 2 N–H and O–H groups in total. The van der Waals surface area contributed by atoms with Gasteiger partial charge in [-0.2, -0.15) is 0 Å². The minimum Gasteiger partial charge on any atom is -0.456 e. The summed E-state index contributed by atoms with van der Waals surface area (Å²) in [6.45, 7) is 2.37. The van der Waals surface area contributed by atoms with Gasteiger partial charge in [0.25, 0.3) is 5.91 Å². The van der Waals surface area contributed by atoms with E-state index < -0.39 is 0 Å². The summed E-state index contributed by atoms with van der Waals surface area (Å²) < 4.78 is 4.95. The average Bonchev–Trinajstić information content (AvgIpc) is 2.92. The number of benzene rings is 1. The average molecular weight is 288 g/mol. The fourth-order valence-electron chi connectivity index (χ4n) is 2.11. The number of carbonyl (C=O) groups excluding carboxylic acids is 2. The third-order valence-corrected chi connectivity index (χ3v) is 3.21. The summed E-state index contributed by atoms with van der Waals surface area (Å²) in [4.78, 5) is 26.1. The van der Waals surface area contributed by atoms with Crippen LogP contribution in [0, 0.1) is 0 Å². The maximum absolute atomic E-state index is 11.6. The van der Waals surface area contributed by atoms with Gasteiger partial charge in [0.1, 0.15) is 0 Å². The van der Waals surface area contributed by atoms with E-state index in [2.05, 4.69) is 10.3 Å². The van der Waals surface area contributed by atoms with Crippen LogP contribution in [0.5, 0.6) is 0 Å². The standard InChI is InChI=1S/C16H20N2O3/c1-2-9-17-15(19)11-21-16(20)8-7-12-10-18-14-6-4-3-5-13(12)14/h3-6,10,18H,2,7-9,11H2,1H3,(H,17,19). The predicted octanol–water partition coefficient (Wildman–Crippen LogP) is 2.17. The van der Waals surface area contributed by atoms with E-state index in [0.717, 1.165) is 22.9 Å². The zero-order valence-corrected chi connectivity index (χ0v) is 12.1. The molecule has 0 atom stereocenters. The Morgan fingerprint density at radius 1 is 1.29 bits per heavy atom. The number of amides is 1. The van der Waals surface area contributed by atoms with Crippen molar-refractivity contribution in [3.8, 4) is 0 Å². The van der Waals surface area contributed by atoms with Gasteiger partial charge in [-0.15, -0.1) is 0 Å². The van der Waals surface area contributed by atoms with E-state index >= 15 is 0 Å². The molecule has 5 nitrogen and oxygen atoms in total. The molecule has 0 radical (unpaired) electrons. The van der Waals surface area contributed by atoms with Crippen molar-refractivity contribution in [1.82, 2.24) is 10.3 Å². The first-order valence-corrected chi connectivity index (χ1v) is 7.18. The second-order valence-corrected chi connectivity index (χ2v) is 4.87. The molecule has 0 spiro atoms. The summed E-state index contributed by atoms with van der Waals surface area (Å²) >= 11 is 0. The number of rotatable bonds is 7. The van der Waals surface area contributed by atoms with Gasteiger partial charge in [-0.3, -0.25) is 9.59 Å². The lowest BCUT2D eigenvalue weighted by Gasteiger charge is -2.05. The summed E-state index contributed by atoms with van der Waals surface area (Å²) in [6, 6.07) is 7.95. The summed E-state index contributed by atoms with van der Waals surface area (Å²) in [6.07, 6.45) is 3.63. The Bertz CT molecular complexity index is 619. The number of hydrogen-bond acceptors (Lipinski definition) is 3. The summed E-state index contributed by atoms with van der Waals surface area (Å²) in [5.41, 5.74) is 2.14. The Labute approximate surface area is 123 Å². The van der Waals surface area contributed by atoms with Crippen molar-refractivity contribution in [2.75, 3.05) is 13.2 Å². The first-order valence-electron chi connectivity index (χ1n) is 7.18. The first-order chi connectivity index (χ1) is 10.2. The number of ether oxygens (including phenoxy) is 1. The first kappa shape index (κ1) is 15.1. The maximum atomic E-state index is 11.6. The SMILES string of the molecule is CCCNC(=O)COC(=O)CCc1c[nH]c2ccccc12. The van der Waals surface area contributed by atoms with Gasteiger partial charge in [-0.25, -0.2) is 0 Å². The molecule has 0 unspecified atom stereocenters. The quantitative estimate of drug-likeness (QED) is 0.767. The number of H-pyrrole nitrogens is 1. The second kappa shape index (κ2) is 7.47. The zero-order valence-electron chi connectivity index (χ0n) is 12.1. The minimum absolute atomic E-state index is 0.202. The van der Waals surface area contributed by atoms with Crippen molar-refractivity contribution in [2.45, 2.75) is 26.2 Å². The highest BCUT2D eigenvalue weighted by molar-refractivity contribution is 5.84. The molecule has 0 bridgehead atoms. The van der Waals surface area contributed by atoms with Crippen LogP contribution >= 0.6 is 0 Å². The highest BCUT2D eigenvalue weighted by Crippen LogP contribution is 2.18. The second-order valence-electron chi connectivity index (χ2n) is 4.87. The van der Waals surface area contributed by atoms with Gasteiger partial charge in [-0.1, -0.05) is 25.1 Å². The monoisotopic (exact) mass is 288 g/mol. The van der Waals surface area contributed by atoms with E-state index in [9.17, 15) is 9.59 Å². The van der Waals surface area contributed by atoms with Gasteiger partial charge in [0, 0.05) is 30.1 Å². The summed E-state index contributed by atoms with van der Waals surface area (Å²) in [5.74, 6) is -0.607. The molecule has 5 heteroatoms. The van der Waals surface area contributed by atoms with Crippen molar-refractivity contribution < 1.29 is 14.3 Å². The van der Waals surface area contributed by atoms with Crippen LogP contribution < -0.4 is 5.32 Å². The molecule has 0 aliphatic carbocycles. The van der Waals surface area contributed by atoms with E-state index in [1.165, 1.54) is 0 Å². The summed E-state index contributed by atoms with van der Waals surface area (Å²) in [5, 5.41) is 3.78. The third-order valence-electron chi connectivity index (χ3n) is 3.21. The van der Waals surface area contributed by atoms with Crippen LogP contribution in [-0.2, 0) is 20.7 Å². The Morgan fingerprint density at radius 3 is 2.90 bits per heavy atom. The number of carbonyl (C=O) groups is 2. The highest BCUT2D eigenvalue weighted by atomic mass is 16.5. The van der Waals surface area contributed by atoms with E-state index in [4.69, 9.17) is 4.74 Å². The zero-order chi connectivity index (χ0) is 15.1. The molecule has 0 aliphatic heterocycles. The topological polar surface area (TPSA) is 71.2 Å². The van der Waals surface area contributed by atoms with E-state index in [1.807, 2.05) is 37.4 Å². The lowest BCUT2D eigenvalue weighted by atomic mass is 10.1. The van der Waals surface area contributed by atoms with E-state index in [1.54, 1.807) is 0 Å². The van der Waals surface area contributed by atoms with Crippen molar-refractivity contribution in [2.24, 2.45) is 0 Å². The molecule has 2 aromatic rings. The predicted molar refractivity (Wildman–Crippen MR) is 80.9 cm³/mol. The molecule has 0 fully saturated rings. The van der Waals surface area contributed by atoms with Crippen molar-refractivity contribution in [1.29, 1.82) is 0 Å². The number of nitrogens with one attached hydrogen (secondary N) is 2. The van der Waals surface area contributed by atoms with Gasteiger partial charge in [0.2, 0.25) is 0 Å². The van der Waals surface area contributed by atoms with Crippen LogP contribution in [0.2, 0.25) is 0 Å². The van der Waals surface area contributed by atoms with Crippen LogP contribution in [0.25, 0.3) is 10.9 Å². The number of hydrogen-bond donors (Lipinski definition) is 2. The van der Waals surface area contributed by atoms with Crippen molar-refractivity contribution in [3.05, 3.63) is 36.0 Å². The lowest BCUT2D eigenvalue weighted by molar-refractivity contribution is -0.148. The van der Waals surface area contributed by atoms with Crippen molar-refractivity contribution >= 4 is 22.8 Å². The van der Waals surface area contributed by atoms with Gasteiger partial charge < -0.3 is 15.0 Å². The number of para-hydroxylation sites is 1. The Hall–Kier alpha value is -2.30. The molecule has 1 aromatic carbocycles. The molecule has 1 aromatic heterocycles. The molecule has 1 heterocycles. The molecule has 0 saturated carbocycles. The van der Waals surface area contributed by atoms with E-state index in [0.29, 0.717) is 13.0 Å². The largest absolute Gasteiger partial charge is 0.456 e. The molecule has 21 heavy (non-hydrogen) atoms.